The highest BCUT2D eigenvalue weighted by atomic mass is 32.1. The number of fused-ring (bicyclic) bond motifs is 1. The van der Waals surface area contributed by atoms with Crippen molar-refractivity contribution in [2.45, 2.75) is 13.5 Å². The summed E-state index contributed by atoms with van der Waals surface area (Å²) < 4.78 is 7.24. The Morgan fingerprint density at radius 3 is 2.83 bits per heavy atom. The zero-order chi connectivity index (χ0) is 16.5. The average Bonchev–Trinajstić information content (AvgIpc) is 3.27. The Kier molecular flexibility index (Phi) is 3.87. The smallest absolute Gasteiger partial charge is 0.350 e. The second-order valence-corrected chi connectivity index (χ2v) is 7.37. The Morgan fingerprint density at radius 1 is 1.21 bits per heavy atom. The first-order valence-electron chi connectivity index (χ1n) is 7.31. The van der Waals surface area contributed by atoms with Gasteiger partial charge in [-0.1, -0.05) is 41.7 Å². The normalized spacial score (nSPS) is 11.0. The summed E-state index contributed by atoms with van der Waals surface area (Å²) in [5.41, 5.74) is 1.99. The number of thiazole rings is 2. The number of aromatic nitrogens is 3. The van der Waals surface area contributed by atoms with Crippen LogP contribution < -0.4 is 0 Å². The van der Waals surface area contributed by atoms with Crippen LogP contribution in [0.5, 0.6) is 0 Å². The van der Waals surface area contributed by atoms with E-state index in [1.165, 1.54) is 22.7 Å². The van der Waals surface area contributed by atoms with Crippen LogP contribution in [-0.4, -0.2) is 20.3 Å². The number of ether oxygens (including phenoxy) is 1. The molecule has 24 heavy (non-hydrogen) atoms. The van der Waals surface area contributed by atoms with Gasteiger partial charge >= 0.3 is 5.97 Å². The number of hydrogen-bond donors (Lipinski definition) is 0. The second kappa shape index (κ2) is 6.18. The van der Waals surface area contributed by atoms with Crippen LogP contribution in [0.1, 0.15) is 20.2 Å². The lowest BCUT2D eigenvalue weighted by Gasteiger charge is -1.99. The summed E-state index contributed by atoms with van der Waals surface area (Å²) in [6, 6.07) is 9.95. The lowest BCUT2D eigenvalue weighted by atomic mass is 10.2. The van der Waals surface area contributed by atoms with Gasteiger partial charge in [0.05, 0.1) is 10.6 Å². The molecule has 0 radical (unpaired) electrons. The highest BCUT2D eigenvalue weighted by Gasteiger charge is 2.14. The number of hydrogen-bond acceptors (Lipinski definition) is 6. The van der Waals surface area contributed by atoms with Crippen molar-refractivity contribution in [1.29, 1.82) is 0 Å². The molecule has 0 aliphatic rings. The molecule has 0 saturated heterocycles. The van der Waals surface area contributed by atoms with Gasteiger partial charge in [-0.15, -0.1) is 11.3 Å². The molecule has 0 fully saturated rings. The second-order valence-electron chi connectivity index (χ2n) is 5.24. The highest BCUT2D eigenvalue weighted by molar-refractivity contribution is 7.18. The van der Waals surface area contributed by atoms with Crippen molar-refractivity contribution >= 4 is 33.6 Å². The van der Waals surface area contributed by atoms with Gasteiger partial charge in [0.25, 0.3) is 0 Å². The Bertz CT molecular complexity index is 970. The van der Waals surface area contributed by atoms with Crippen LogP contribution in [0.3, 0.4) is 0 Å². The third-order valence-corrected chi connectivity index (χ3v) is 5.39. The van der Waals surface area contributed by atoms with Gasteiger partial charge in [-0.2, -0.15) is 0 Å². The first-order chi connectivity index (χ1) is 11.7. The SMILES string of the molecule is Cc1cn2cc(C(=O)OCc3cnc(-c4ccccc4)s3)sc2n1. The summed E-state index contributed by atoms with van der Waals surface area (Å²) in [6.07, 6.45) is 5.40. The minimum Gasteiger partial charge on any atom is -0.456 e. The fourth-order valence-electron chi connectivity index (χ4n) is 2.30. The third-order valence-electron chi connectivity index (χ3n) is 3.40. The van der Waals surface area contributed by atoms with E-state index in [0.29, 0.717) is 4.88 Å². The number of nitrogens with zero attached hydrogens (tertiary/aromatic N) is 3. The molecule has 120 valence electrons. The topological polar surface area (TPSA) is 56.5 Å². The van der Waals surface area contributed by atoms with Gasteiger partial charge in [0.2, 0.25) is 0 Å². The lowest BCUT2D eigenvalue weighted by Crippen LogP contribution is -2.02. The van der Waals surface area contributed by atoms with Gasteiger partial charge in [-0.3, -0.25) is 4.40 Å². The Balaban J connectivity index is 1.43. The maximum absolute atomic E-state index is 12.2. The molecule has 0 aliphatic carbocycles. The van der Waals surface area contributed by atoms with E-state index in [2.05, 4.69) is 9.97 Å². The molecule has 0 unspecified atom stereocenters. The molecule has 3 heterocycles. The van der Waals surface area contributed by atoms with Crippen molar-refractivity contribution in [3.63, 3.8) is 0 Å². The van der Waals surface area contributed by atoms with E-state index in [1.54, 1.807) is 12.4 Å². The number of carbonyl (C=O) groups excluding carboxylic acids is 1. The fraction of sp³-hybridized carbons (Fsp3) is 0.118. The molecule has 0 spiro atoms. The van der Waals surface area contributed by atoms with E-state index in [-0.39, 0.29) is 12.6 Å². The molecule has 3 aromatic heterocycles. The quantitative estimate of drug-likeness (QED) is 0.515. The Labute approximate surface area is 146 Å². The number of aryl methyl sites for hydroxylation is 1. The molecule has 0 aliphatic heterocycles. The molecular formula is C17H13N3O2S2. The molecule has 0 bridgehead atoms. The van der Waals surface area contributed by atoms with E-state index in [1.807, 2.05) is 47.9 Å². The zero-order valence-electron chi connectivity index (χ0n) is 12.8. The molecule has 0 amide bonds. The number of imidazole rings is 1. The summed E-state index contributed by atoms with van der Waals surface area (Å²) in [6.45, 7) is 2.15. The minimum atomic E-state index is -0.335. The monoisotopic (exact) mass is 355 g/mol. The van der Waals surface area contributed by atoms with E-state index in [4.69, 9.17) is 4.74 Å². The predicted molar refractivity (Wildman–Crippen MR) is 94.5 cm³/mol. The van der Waals surface area contributed by atoms with Gasteiger partial charge in [0.1, 0.15) is 16.5 Å². The van der Waals surface area contributed by atoms with Crippen LogP contribution in [0.15, 0.2) is 48.9 Å². The molecule has 4 aromatic rings. The number of rotatable bonds is 4. The molecule has 7 heteroatoms. The van der Waals surface area contributed by atoms with E-state index < -0.39 is 0 Å². The van der Waals surface area contributed by atoms with Crippen molar-refractivity contribution in [2.75, 3.05) is 0 Å². The first-order valence-corrected chi connectivity index (χ1v) is 8.95. The average molecular weight is 355 g/mol. The van der Waals surface area contributed by atoms with E-state index >= 15 is 0 Å². The molecule has 1 aromatic carbocycles. The zero-order valence-corrected chi connectivity index (χ0v) is 14.4. The standard InChI is InChI=1S/C17H13N3O2S2/c1-11-8-20-9-14(24-17(20)19-11)16(21)22-10-13-7-18-15(23-13)12-5-3-2-4-6-12/h2-9H,10H2,1H3. The summed E-state index contributed by atoms with van der Waals surface area (Å²) in [5.74, 6) is -0.335. The van der Waals surface area contributed by atoms with E-state index in [9.17, 15) is 4.79 Å². The molecule has 0 atom stereocenters. The number of esters is 1. The van der Waals surface area contributed by atoms with Crippen LogP contribution >= 0.6 is 22.7 Å². The van der Waals surface area contributed by atoms with Gasteiger partial charge in [0, 0.05) is 24.2 Å². The van der Waals surface area contributed by atoms with Crippen molar-refractivity contribution in [3.05, 3.63) is 64.4 Å². The highest BCUT2D eigenvalue weighted by Crippen LogP contribution is 2.26. The van der Waals surface area contributed by atoms with Crippen molar-refractivity contribution in [2.24, 2.45) is 0 Å². The third kappa shape index (κ3) is 2.95. The maximum Gasteiger partial charge on any atom is 0.350 e. The van der Waals surface area contributed by atoms with Crippen LogP contribution in [0.4, 0.5) is 0 Å². The van der Waals surface area contributed by atoms with Crippen molar-refractivity contribution in [3.8, 4) is 10.6 Å². The molecule has 5 nitrogen and oxygen atoms in total. The summed E-state index contributed by atoms with van der Waals surface area (Å²) in [5, 5.41) is 0.923. The number of carbonyl (C=O) groups is 1. The van der Waals surface area contributed by atoms with E-state index in [0.717, 1.165) is 26.1 Å². The van der Waals surface area contributed by atoms with Gasteiger partial charge < -0.3 is 4.74 Å². The largest absolute Gasteiger partial charge is 0.456 e. The Hall–Kier alpha value is -2.51. The lowest BCUT2D eigenvalue weighted by molar-refractivity contribution is 0.0482. The minimum absolute atomic E-state index is 0.225. The fourth-order valence-corrected chi connectivity index (χ4v) is 4.04. The predicted octanol–water partition coefficient (Wildman–Crippen LogP) is 4.18. The van der Waals surface area contributed by atoms with Crippen LogP contribution in [0.2, 0.25) is 0 Å². The molecule has 0 N–H and O–H groups in total. The molecule has 0 saturated carbocycles. The molecule has 4 rings (SSSR count). The van der Waals surface area contributed by atoms with Gasteiger partial charge in [0.15, 0.2) is 4.96 Å². The van der Waals surface area contributed by atoms with Crippen LogP contribution in [0, 0.1) is 6.92 Å². The van der Waals surface area contributed by atoms with Crippen molar-refractivity contribution < 1.29 is 9.53 Å². The molecular weight excluding hydrogens is 342 g/mol. The van der Waals surface area contributed by atoms with Gasteiger partial charge in [-0.25, -0.2) is 14.8 Å². The number of benzene rings is 1. The maximum atomic E-state index is 12.2. The summed E-state index contributed by atoms with van der Waals surface area (Å²) in [4.78, 5) is 23.2. The van der Waals surface area contributed by atoms with Gasteiger partial charge in [-0.05, 0) is 6.92 Å². The first kappa shape index (κ1) is 15.0. The van der Waals surface area contributed by atoms with Crippen LogP contribution in [-0.2, 0) is 11.3 Å². The summed E-state index contributed by atoms with van der Waals surface area (Å²) in [7, 11) is 0. The summed E-state index contributed by atoms with van der Waals surface area (Å²) >= 11 is 2.86. The van der Waals surface area contributed by atoms with Crippen molar-refractivity contribution in [1.82, 2.24) is 14.4 Å². The van der Waals surface area contributed by atoms with Crippen LogP contribution in [0.25, 0.3) is 15.5 Å². The Morgan fingerprint density at radius 2 is 2.04 bits per heavy atom.